The smallest absolute Gasteiger partial charge is 0.215 e. The maximum atomic E-state index is 11.4. The first-order valence-corrected chi connectivity index (χ1v) is 6.24. The van der Waals surface area contributed by atoms with Gasteiger partial charge in [-0.05, 0) is 0 Å². The first-order chi connectivity index (χ1) is 7.42. The molecular formula is C8H15N5O2S. The highest BCUT2D eigenvalue weighted by Crippen LogP contribution is 2.01. The van der Waals surface area contributed by atoms with E-state index in [2.05, 4.69) is 15.3 Å². The molecule has 0 radical (unpaired) electrons. The number of rotatable bonds is 5. The summed E-state index contributed by atoms with van der Waals surface area (Å²) in [5.41, 5.74) is 5.36. The van der Waals surface area contributed by atoms with E-state index in [0.29, 0.717) is 11.6 Å². The quantitative estimate of drug-likeness (QED) is 0.715. The third-order valence-corrected chi connectivity index (χ3v) is 3.73. The molecule has 8 heteroatoms. The molecule has 1 rings (SSSR count). The van der Waals surface area contributed by atoms with Crippen molar-refractivity contribution >= 4 is 21.7 Å². The summed E-state index contributed by atoms with van der Waals surface area (Å²) in [6.07, 6.45) is 2.86. The highest BCUT2D eigenvalue weighted by atomic mass is 32.2. The standard InChI is InChI=1S/C8H15N5O2S/c1-13(2)16(14,15)4-3-10-8-6-11-7(9)5-12-8/h5-6H,3-4H2,1-2H3,(H2,9,11)(H,10,12). The molecule has 0 atom stereocenters. The number of nitrogens with two attached hydrogens (primary N) is 1. The van der Waals surface area contributed by atoms with E-state index in [1.807, 2.05) is 0 Å². The van der Waals surface area contributed by atoms with Gasteiger partial charge in [-0.25, -0.2) is 22.7 Å². The average Bonchev–Trinajstić information content (AvgIpc) is 2.20. The van der Waals surface area contributed by atoms with Crippen molar-refractivity contribution in [3.8, 4) is 0 Å². The molecule has 7 nitrogen and oxygen atoms in total. The Kier molecular flexibility index (Phi) is 4.02. The SMILES string of the molecule is CN(C)S(=O)(=O)CCNc1cnc(N)cn1. The molecule has 0 amide bonds. The van der Waals surface area contributed by atoms with Crippen molar-refractivity contribution in [3.63, 3.8) is 0 Å². The number of sulfonamides is 1. The van der Waals surface area contributed by atoms with Crippen LogP contribution in [-0.4, -0.2) is 49.1 Å². The van der Waals surface area contributed by atoms with Gasteiger partial charge in [0.25, 0.3) is 0 Å². The number of nitrogens with one attached hydrogen (secondary N) is 1. The Labute approximate surface area is 94.7 Å². The molecule has 90 valence electrons. The number of hydrogen-bond acceptors (Lipinski definition) is 6. The van der Waals surface area contributed by atoms with Crippen LogP contribution in [0.15, 0.2) is 12.4 Å². The second kappa shape index (κ2) is 5.08. The van der Waals surface area contributed by atoms with Gasteiger partial charge >= 0.3 is 0 Å². The molecule has 1 heterocycles. The molecule has 0 aliphatic carbocycles. The Bertz CT molecular complexity index is 428. The Morgan fingerprint density at radius 3 is 2.56 bits per heavy atom. The molecule has 16 heavy (non-hydrogen) atoms. The van der Waals surface area contributed by atoms with Gasteiger partial charge in [0.1, 0.15) is 11.6 Å². The summed E-state index contributed by atoms with van der Waals surface area (Å²) in [5, 5.41) is 2.85. The summed E-state index contributed by atoms with van der Waals surface area (Å²) in [6.45, 7) is 0.277. The maximum absolute atomic E-state index is 11.4. The summed E-state index contributed by atoms with van der Waals surface area (Å²) in [6, 6.07) is 0. The van der Waals surface area contributed by atoms with E-state index in [0.717, 1.165) is 0 Å². The number of anilines is 2. The minimum atomic E-state index is -3.18. The molecule has 0 aliphatic rings. The highest BCUT2D eigenvalue weighted by Gasteiger charge is 2.12. The van der Waals surface area contributed by atoms with Crippen LogP contribution in [0.4, 0.5) is 11.6 Å². The van der Waals surface area contributed by atoms with Gasteiger partial charge in [-0.1, -0.05) is 0 Å². The number of nitrogens with zero attached hydrogens (tertiary/aromatic N) is 3. The fraction of sp³-hybridized carbons (Fsp3) is 0.500. The van der Waals surface area contributed by atoms with Gasteiger partial charge in [-0.3, -0.25) is 0 Å². The molecular weight excluding hydrogens is 230 g/mol. The predicted molar refractivity (Wildman–Crippen MR) is 62.4 cm³/mol. The lowest BCUT2D eigenvalue weighted by atomic mass is 10.6. The normalized spacial score (nSPS) is 11.7. The Morgan fingerprint density at radius 2 is 2.06 bits per heavy atom. The van der Waals surface area contributed by atoms with Gasteiger partial charge in [-0.15, -0.1) is 0 Å². The van der Waals surface area contributed by atoms with Gasteiger partial charge in [0, 0.05) is 20.6 Å². The Hall–Kier alpha value is -1.41. The van der Waals surface area contributed by atoms with Crippen LogP contribution in [-0.2, 0) is 10.0 Å². The number of hydrogen-bond donors (Lipinski definition) is 2. The molecule has 0 aromatic carbocycles. The summed E-state index contributed by atoms with van der Waals surface area (Å²) in [4.78, 5) is 7.76. The topological polar surface area (TPSA) is 101 Å². The maximum Gasteiger partial charge on any atom is 0.215 e. The van der Waals surface area contributed by atoms with Crippen LogP contribution in [0.5, 0.6) is 0 Å². The van der Waals surface area contributed by atoms with Crippen molar-refractivity contribution in [2.24, 2.45) is 0 Å². The molecule has 3 N–H and O–H groups in total. The van der Waals surface area contributed by atoms with Crippen LogP contribution in [0.3, 0.4) is 0 Å². The van der Waals surface area contributed by atoms with Crippen molar-refractivity contribution in [1.82, 2.24) is 14.3 Å². The third-order valence-electron chi connectivity index (χ3n) is 1.89. The lowest BCUT2D eigenvalue weighted by Crippen LogP contribution is -2.28. The van der Waals surface area contributed by atoms with Crippen LogP contribution in [0, 0.1) is 0 Å². The molecule has 0 aliphatic heterocycles. The summed E-state index contributed by atoms with van der Waals surface area (Å²) in [5.74, 6) is 0.834. The lowest BCUT2D eigenvalue weighted by molar-refractivity contribution is 0.521. The van der Waals surface area contributed by atoms with Crippen LogP contribution >= 0.6 is 0 Å². The molecule has 1 aromatic rings. The van der Waals surface area contributed by atoms with E-state index in [1.165, 1.54) is 30.8 Å². The minimum absolute atomic E-state index is 0.00601. The zero-order valence-corrected chi connectivity index (χ0v) is 10.0. The molecule has 0 bridgehead atoms. The highest BCUT2D eigenvalue weighted by molar-refractivity contribution is 7.89. The zero-order valence-electron chi connectivity index (χ0n) is 9.21. The van der Waals surface area contributed by atoms with E-state index in [-0.39, 0.29) is 12.3 Å². The second-order valence-electron chi connectivity index (χ2n) is 3.35. The minimum Gasteiger partial charge on any atom is -0.382 e. The Morgan fingerprint density at radius 1 is 1.38 bits per heavy atom. The largest absolute Gasteiger partial charge is 0.382 e. The van der Waals surface area contributed by atoms with E-state index < -0.39 is 10.0 Å². The molecule has 1 aromatic heterocycles. The van der Waals surface area contributed by atoms with E-state index >= 15 is 0 Å². The third kappa shape index (κ3) is 3.63. The molecule has 0 spiro atoms. The van der Waals surface area contributed by atoms with Crippen molar-refractivity contribution in [2.45, 2.75) is 0 Å². The molecule has 0 fully saturated rings. The van der Waals surface area contributed by atoms with Gasteiger partial charge in [0.05, 0.1) is 18.1 Å². The number of aromatic nitrogens is 2. The van der Waals surface area contributed by atoms with E-state index in [9.17, 15) is 8.42 Å². The molecule has 0 unspecified atom stereocenters. The molecule has 0 saturated heterocycles. The first kappa shape index (κ1) is 12.7. The van der Waals surface area contributed by atoms with Crippen molar-refractivity contribution < 1.29 is 8.42 Å². The van der Waals surface area contributed by atoms with Crippen molar-refractivity contribution in [1.29, 1.82) is 0 Å². The van der Waals surface area contributed by atoms with Crippen LogP contribution in [0.2, 0.25) is 0 Å². The monoisotopic (exact) mass is 245 g/mol. The van der Waals surface area contributed by atoms with Gasteiger partial charge in [0.2, 0.25) is 10.0 Å². The first-order valence-electron chi connectivity index (χ1n) is 4.63. The summed E-state index contributed by atoms with van der Waals surface area (Å²) < 4.78 is 24.0. The second-order valence-corrected chi connectivity index (χ2v) is 5.65. The Balaban J connectivity index is 2.45. The van der Waals surface area contributed by atoms with E-state index in [1.54, 1.807) is 0 Å². The fourth-order valence-corrected chi connectivity index (χ4v) is 1.65. The fourth-order valence-electron chi connectivity index (χ4n) is 0.920. The predicted octanol–water partition coefficient (Wildman–Crippen LogP) is -0.638. The average molecular weight is 245 g/mol. The van der Waals surface area contributed by atoms with Crippen LogP contribution in [0.1, 0.15) is 0 Å². The van der Waals surface area contributed by atoms with Gasteiger partial charge < -0.3 is 11.1 Å². The lowest BCUT2D eigenvalue weighted by Gasteiger charge is -2.11. The van der Waals surface area contributed by atoms with Crippen molar-refractivity contribution in [2.75, 3.05) is 37.4 Å². The molecule has 0 saturated carbocycles. The summed E-state index contributed by atoms with van der Waals surface area (Å²) >= 11 is 0. The zero-order chi connectivity index (χ0) is 12.2. The van der Waals surface area contributed by atoms with Crippen LogP contribution in [0.25, 0.3) is 0 Å². The number of nitrogen functional groups attached to an aromatic ring is 1. The van der Waals surface area contributed by atoms with E-state index in [4.69, 9.17) is 5.73 Å². The van der Waals surface area contributed by atoms with Gasteiger partial charge in [-0.2, -0.15) is 0 Å². The van der Waals surface area contributed by atoms with Crippen molar-refractivity contribution in [3.05, 3.63) is 12.4 Å². The van der Waals surface area contributed by atoms with Gasteiger partial charge in [0.15, 0.2) is 0 Å². The summed E-state index contributed by atoms with van der Waals surface area (Å²) in [7, 11) is -0.182. The van der Waals surface area contributed by atoms with Crippen LogP contribution < -0.4 is 11.1 Å².